The van der Waals surface area contributed by atoms with E-state index in [0.29, 0.717) is 43.8 Å². The Morgan fingerprint density at radius 1 is 1.06 bits per heavy atom. The second-order valence-electron chi connectivity index (χ2n) is 10.3. The Morgan fingerprint density at radius 3 is 2.28 bits per heavy atom. The Morgan fingerprint density at radius 2 is 1.69 bits per heavy atom. The zero-order chi connectivity index (χ0) is 25.9. The van der Waals surface area contributed by atoms with Gasteiger partial charge in [0, 0.05) is 45.0 Å². The molecule has 11 nitrogen and oxygen atoms in total. The summed E-state index contributed by atoms with van der Waals surface area (Å²) in [5.74, 6) is 0.704. The molecule has 1 aliphatic heterocycles. The predicted octanol–water partition coefficient (Wildman–Crippen LogP) is 0.473. The normalized spacial score (nSPS) is 20.1. The summed E-state index contributed by atoms with van der Waals surface area (Å²) in [4.78, 5) is 44.8. The van der Waals surface area contributed by atoms with E-state index in [2.05, 4.69) is 15.6 Å². The Bertz CT molecular complexity index is 1130. The van der Waals surface area contributed by atoms with E-state index >= 15 is 0 Å². The first-order chi connectivity index (χ1) is 17.1. The van der Waals surface area contributed by atoms with Gasteiger partial charge >= 0.3 is 11.7 Å². The molecule has 4 rings (SSSR count). The maximum atomic E-state index is 12.6. The highest BCUT2D eigenvalue weighted by Gasteiger charge is 2.31. The van der Waals surface area contributed by atoms with E-state index in [1.807, 2.05) is 24.3 Å². The number of piperazine rings is 1. The molecule has 2 aliphatic rings. The van der Waals surface area contributed by atoms with Crippen molar-refractivity contribution in [2.45, 2.75) is 44.8 Å². The first kappa shape index (κ1) is 25.8. The van der Waals surface area contributed by atoms with Gasteiger partial charge in [-0.3, -0.25) is 14.7 Å². The Hall–Kier alpha value is -3.28. The van der Waals surface area contributed by atoms with Crippen molar-refractivity contribution in [1.29, 1.82) is 0 Å². The third kappa shape index (κ3) is 6.28. The second-order valence-corrected chi connectivity index (χ2v) is 10.3. The van der Waals surface area contributed by atoms with Gasteiger partial charge in [0.15, 0.2) is 0 Å². The fraction of sp³-hybridized carbons (Fsp3) is 0.520. The van der Waals surface area contributed by atoms with E-state index in [-0.39, 0.29) is 17.8 Å². The average Bonchev–Trinajstić information content (AvgIpc) is 2.82. The number of hydrogen-bond donors (Lipinski definition) is 4. The molecule has 3 amide bonds. The highest BCUT2D eigenvalue weighted by atomic mass is 16.2. The van der Waals surface area contributed by atoms with Crippen LogP contribution in [0.15, 0.2) is 41.3 Å². The maximum absolute atomic E-state index is 12.6. The van der Waals surface area contributed by atoms with Crippen LogP contribution in [-0.2, 0) is 11.3 Å². The first-order valence-electron chi connectivity index (χ1n) is 12.4. The molecule has 0 atom stereocenters. The van der Waals surface area contributed by atoms with Crippen molar-refractivity contribution in [1.82, 2.24) is 24.7 Å². The molecule has 194 valence electrons. The number of amides is 3. The third-order valence-electron chi connectivity index (χ3n) is 6.69. The van der Waals surface area contributed by atoms with E-state index in [9.17, 15) is 14.4 Å². The molecular weight excluding hydrogens is 460 g/mol. The van der Waals surface area contributed by atoms with Gasteiger partial charge in [-0.25, -0.2) is 9.59 Å². The highest BCUT2D eigenvalue weighted by molar-refractivity contribution is 5.89. The lowest BCUT2D eigenvalue weighted by Gasteiger charge is -2.37. The standard InChI is InChI=1S/C25H36N8O3/c1-25(2,27)22(34)31-9-11-32(12-10-31)23(35)29-21-7-8-33(24(36)30-21)20-5-3-17(4-6-20)15-28-16-18-13-19(26)14-18/h3-8,18-19,28H,9-16,26-27H2,1-2H3,(H,29,30,35,36). The van der Waals surface area contributed by atoms with Gasteiger partial charge in [-0.2, -0.15) is 4.98 Å². The number of urea groups is 1. The zero-order valence-corrected chi connectivity index (χ0v) is 20.9. The topological polar surface area (TPSA) is 152 Å². The van der Waals surface area contributed by atoms with Crippen molar-refractivity contribution < 1.29 is 9.59 Å². The van der Waals surface area contributed by atoms with Crippen LogP contribution in [0.25, 0.3) is 5.69 Å². The summed E-state index contributed by atoms with van der Waals surface area (Å²) in [5, 5.41) is 6.13. The average molecular weight is 497 g/mol. The number of hydrogen-bond acceptors (Lipinski definition) is 7. The fourth-order valence-electron chi connectivity index (χ4n) is 4.53. The first-order valence-corrected chi connectivity index (χ1v) is 12.4. The van der Waals surface area contributed by atoms with Crippen molar-refractivity contribution in [3.63, 3.8) is 0 Å². The molecule has 0 bridgehead atoms. The molecule has 0 unspecified atom stereocenters. The van der Waals surface area contributed by atoms with Crippen LogP contribution in [0.5, 0.6) is 0 Å². The fourth-order valence-corrected chi connectivity index (χ4v) is 4.53. The van der Waals surface area contributed by atoms with E-state index in [0.717, 1.165) is 31.5 Å². The van der Waals surface area contributed by atoms with E-state index in [1.165, 1.54) is 4.57 Å². The zero-order valence-electron chi connectivity index (χ0n) is 20.9. The van der Waals surface area contributed by atoms with Crippen LogP contribution in [-0.4, -0.2) is 75.6 Å². The Kier molecular flexibility index (Phi) is 7.72. The van der Waals surface area contributed by atoms with Crippen molar-refractivity contribution in [2.24, 2.45) is 17.4 Å². The van der Waals surface area contributed by atoms with Gasteiger partial charge in [0.25, 0.3) is 0 Å². The number of carbonyl (C=O) groups excluding carboxylic acids is 2. The molecule has 6 N–H and O–H groups in total. The van der Waals surface area contributed by atoms with Crippen LogP contribution in [0.3, 0.4) is 0 Å². The SMILES string of the molecule is CC(C)(N)C(=O)N1CCN(C(=O)Nc2ccn(-c3ccc(CNCC4CC(N)C4)cc3)c(=O)n2)CC1. The highest BCUT2D eigenvalue weighted by Crippen LogP contribution is 2.24. The van der Waals surface area contributed by atoms with Crippen LogP contribution >= 0.6 is 0 Å². The maximum Gasteiger partial charge on any atom is 0.354 e. The molecule has 1 aromatic heterocycles. The van der Waals surface area contributed by atoms with Gasteiger partial charge in [0.1, 0.15) is 5.82 Å². The molecule has 0 spiro atoms. The van der Waals surface area contributed by atoms with Crippen LogP contribution in [0, 0.1) is 5.92 Å². The summed E-state index contributed by atoms with van der Waals surface area (Å²) in [6, 6.07) is 9.30. The van der Waals surface area contributed by atoms with Crippen molar-refractivity contribution >= 4 is 17.8 Å². The molecule has 2 fully saturated rings. The number of rotatable bonds is 7. The molecule has 1 aliphatic carbocycles. The lowest BCUT2D eigenvalue weighted by atomic mass is 9.81. The minimum absolute atomic E-state index is 0.143. The minimum atomic E-state index is -0.944. The van der Waals surface area contributed by atoms with Gasteiger partial charge in [0.2, 0.25) is 5.91 Å². The molecule has 0 radical (unpaired) electrons. The molecule has 2 heterocycles. The number of benzene rings is 1. The summed E-state index contributed by atoms with van der Waals surface area (Å²) in [7, 11) is 0. The molecule has 36 heavy (non-hydrogen) atoms. The summed E-state index contributed by atoms with van der Waals surface area (Å²) in [6.07, 6.45) is 3.77. The summed E-state index contributed by atoms with van der Waals surface area (Å²) < 4.78 is 1.43. The number of carbonyl (C=O) groups is 2. The Labute approximate surface area is 210 Å². The summed E-state index contributed by atoms with van der Waals surface area (Å²) >= 11 is 0. The molecule has 1 saturated carbocycles. The molecule has 1 aromatic carbocycles. The minimum Gasteiger partial charge on any atom is -0.338 e. The lowest BCUT2D eigenvalue weighted by Crippen LogP contribution is -2.58. The monoisotopic (exact) mass is 496 g/mol. The third-order valence-corrected chi connectivity index (χ3v) is 6.69. The largest absolute Gasteiger partial charge is 0.354 e. The summed E-state index contributed by atoms with van der Waals surface area (Å²) in [6.45, 7) is 6.62. The van der Waals surface area contributed by atoms with E-state index in [1.54, 1.807) is 35.9 Å². The van der Waals surface area contributed by atoms with Crippen LogP contribution < -0.4 is 27.8 Å². The van der Waals surface area contributed by atoms with Gasteiger partial charge in [-0.15, -0.1) is 0 Å². The number of nitrogens with zero attached hydrogens (tertiary/aromatic N) is 4. The number of nitrogens with two attached hydrogens (primary N) is 2. The van der Waals surface area contributed by atoms with Crippen molar-refractivity contribution in [2.75, 3.05) is 38.0 Å². The van der Waals surface area contributed by atoms with E-state index < -0.39 is 11.2 Å². The van der Waals surface area contributed by atoms with Crippen LogP contribution in [0.2, 0.25) is 0 Å². The number of aromatic nitrogens is 2. The Balaban J connectivity index is 1.28. The van der Waals surface area contributed by atoms with Crippen LogP contribution in [0.4, 0.5) is 10.6 Å². The molecule has 11 heteroatoms. The number of anilines is 1. The summed E-state index contributed by atoms with van der Waals surface area (Å²) in [5.41, 5.74) is 12.1. The predicted molar refractivity (Wildman–Crippen MR) is 138 cm³/mol. The van der Waals surface area contributed by atoms with Crippen molar-refractivity contribution in [3.05, 3.63) is 52.6 Å². The van der Waals surface area contributed by atoms with Crippen molar-refractivity contribution in [3.8, 4) is 5.69 Å². The van der Waals surface area contributed by atoms with Gasteiger partial charge in [0.05, 0.1) is 11.2 Å². The van der Waals surface area contributed by atoms with E-state index in [4.69, 9.17) is 11.5 Å². The van der Waals surface area contributed by atoms with Gasteiger partial charge in [-0.05, 0) is 62.9 Å². The smallest absolute Gasteiger partial charge is 0.338 e. The molecular formula is C25H36N8O3. The number of nitrogens with one attached hydrogen (secondary N) is 2. The molecule has 1 saturated heterocycles. The second kappa shape index (κ2) is 10.8. The van der Waals surface area contributed by atoms with Crippen LogP contribution in [0.1, 0.15) is 32.3 Å². The quantitative estimate of drug-likeness (QED) is 0.435. The molecule has 2 aromatic rings. The van der Waals surface area contributed by atoms with Gasteiger partial charge in [-0.1, -0.05) is 12.1 Å². The lowest BCUT2D eigenvalue weighted by molar-refractivity contribution is -0.137. The van der Waals surface area contributed by atoms with Gasteiger partial charge < -0.3 is 26.6 Å².